The van der Waals surface area contributed by atoms with Gasteiger partial charge in [-0.1, -0.05) is 20.8 Å². The topological polar surface area (TPSA) is 39.1 Å². The van der Waals surface area contributed by atoms with Gasteiger partial charge in [-0.2, -0.15) is 5.10 Å². The second kappa shape index (κ2) is 7.57. The second-order valence-corrected chi connectivity index (χ2v) is 6.26. The van der Waals surface area contributed by atoms with E-state index in [4.69, 9.17) is 4.74 Å². The van der Waals surface area contributed by atoms with Crippen LogP contribution in [-0.2, 0) is 11.3 Å². The van der Waals surface area contributed by atoms with Gasteiger partial charge in [-0.25, -0.2) is 0 Å². The minimum atomic E-state index is 0.316. The maximum atomic E-state index is 5.89. The summed E-state index contributed by atoms with van der Waals surface area (Å²) in [5.41, 5.74) is 1.28. The summed E-state index contributed by atoms with van der Waals surface area (Å²) in [7, 11) is 0. The van der Waals surface area contributed by atoms with Crippen LogP contribution in [0.3, 0.4) is 0 Å². The lowest BCUT2D eigenvalue weighted by Crippen LogP contribution is -2.34. The molecule has 3 unspecified atom stereocenters. The van der Waals surface area contributed by atoms with Gasteiger partial charge in [0, 0.05) is 19.1 Å². The van der Waals surface area contributed by atoms with Crippen molar-refractivity contribution in [3.8, 4) is 0 Å². The van der Waals surface area contributed by atoms with Crippen LogP contribution >= 0.6 is 15.9 Å². The van der Waals surface area contributed by atoms with Crippen LogP contribution < -0.4 is 5.32 Å². The third-order valence-corrected chi connectivity index (χ3v) is 4.69. The molecule has 1 fully saturated rings. The number of rotatable bonds is 7. The average Bonchev–Trinajstić information content (AvgIpc) is 3.04. The number of nitrogens with zero attached hydrogens (tertiary/aromatic N) is 2. The molecule has 5 heteroatoms. The zero-order valence-corrected chi connectivity index (χ0v) is 14.3. The van der Waals surface area contributed by atoms with E-state index in [0.29, 0.717) is 18.1 Å². The Hall–Kier alpha value is -0.390. The largest absolute Gasteiger partial charge is 0.378 e. The first-order valence-electron chi connectivity index (χ1n) is 7.79. The molecule has 0 aromatic carbocycles. The standard InChI is InChI=1S/C15H26BrN3O/c1-4-8-19-15(12(16)10-18-19)14(17-6-3)11-7-9-20-13(11)5-2/h10-11,13-14,17H,4-9H2,1-3H3. The maximum Gasteiger partial charge on any atom is 0.0699 e. The number of nitrogens with one attached hydrogen (secondary N) is 1. The molecule has 0 aliphatic carbocycles. The van der Waals surface area contributed by atoms with Crippen molar-refractivity contribution in [2.45, 2.75) is 58.7 Å². The summed E-state index contributed by atoms with van der Waals surface area (Å²) in [6, 6.07) is 0.316. The van der Waals surface area contributed by atoms with Crippen molar-refractivity contribution in [3.05, 3.63) is 16.4 Å². The first-order valence-corrected chi connectivity index (χ1v) is 8.58. The molecule has 1 aliphatic heterocycles. The first-order chi connectivity index (χ1) is 9.72. The highest BCUT2D eigenvalue weighted by Crippen LogP contribution is 2.37. The molecule has 2 rings (SSSR count). The van der Waals surface area contributed by atoms with Gasteiger partial charge in [0.1, 0.15) is 0 Å². The Bertz CT molecular complexity index is 421. The Morgan fingerprint density at radius 3 is 2.95 bits per heavy atom. The highest BCUT2D eigenvalue weighted by molar-refractivity contribution is 9.10. The summed E-state index contributed by atoms with van der Waals surface area (Å²) in [6.45, 7) is 9.37. The van der Waals surface area contributed by atoms with Crippen molar-refractivity contribution in [1.82, 2.24) is 15.1 Å². The van der Waals surface area contributed by atoms with E-state index in [1.807, 2.05) is 6.20 Å². The third kappa shape index (κ3) is 3.26. The van der Waals surface area contributed by atoms with Crippen molar-refractivity contribution in [1.29, 1.82) is 0 Å². The predicted octanol–water partition coefficient (Wildman–Crippen LogP) is 3.52. The normalized spacial score (nSPS) is 24.2. The Morgan fingerprint density at radius 1 is 1.50 bits per heavy atom. The third-order valence-electron chi connectivity index (χ3n) is 4.08. The molecule has 1 aliphatic rings. The van der Waals surface area contributed by atoms with Gasteiger partial charge in [0.15, 0.2) is 0 Å². The van der Waals surface area contributed by atoms with Crippen LogP contribution in [0.5, 0.6) is 0 Å². The molecule has 1 aromatic heterocycles. The smallest absolute Gasteiger partial charge is 0.0699 e. The van der Waals surface area contributed by atoms with Crippen LogP contribution in [0.4, 0.5) is 0 Å². The molecule has 20 heavy (non-hydrogen) atoms. The van der Waals surface area contributed by atoms with E-state index >= 15 is 0 Å². The Kier molecular flexibility index (Phi) is 6.05. The SMILES string of the molecule is CCCn1ncc(Br)c1C(NCC)C1CCOC1CC. The predicted molar refractivity (Wildman–Crippen MR) is 84.8 cm³/mol. The number of aryl methyl sites for hydroxylation is 1. The van der Waals surface area contributed by atoms with Gasteiger partial charge in [0.05, 0.1) is 28.5 Å². The lowest BCUT2D eigenvalue weighted by Gasteiger charge is -2.29. The van der Waals surface area contributed by atoms with E-state index < -0.39 is 0 Å². The fraction of sp³-hybridized carbons (Fsp3) is 0.800. The van der Waals surface area contributed by atoms with Gasteiger partial charge in [0.25, 0.3) is 0 Å². The van der Waals surface area contributed by atoms with E-state index in [1.54, 1.807) is 0 Å². The van der Waals surface area contributed by atoms with Gasteiger partial charge in [0.2, 0.25) is 0 Å². The summed E-state index contributed by atoms with van der Waals surface area (Å²) in [4.78, 5) is 0. The highest BCUT2D eigenvalue weighted by atomic mass is 79.9. The van der Waals surface area contributed by atoms with Crippen molar-refractivity contribution in [3.63, 3.8) is 0 Å². The molecule has 4 nitrogen and oxygen atoms in total. The van der Waals surface area contributed by atoms with Gasteiger partial charge in [-0.15, -0.1) is 0 Å². The zero-order valence-electron chi connectivity index (χ0n) is 12.7. The van der Waals surface area contributed by atoms with Crippen LogP contribution in [0.25, 0.3) is 0 Å². The van der Waals surface area contributed by atoms with Gasteiger partial charge in [-0.3, -0.25) is 4.68 Å². The number of ether oxygens (including phenoxy) is 1. The van der Waals surface area contributed by atoms with Gasteiger partial charge < -0.3 is 10.1 Å². The van der Waals surface area contributed by atoms with E-state index in [2.05, 4.69) is 51.8 Å². The second-order valence-electron chi connectivity index (χ2n) is 5.41. The number of halogens is 1. The lowest BCUT2D eigenvalue weighted by molar-refractivity contribution is 0.0764. The summed E-state index contributed by atoms with van der Waals surface area (Å²) in [5.74, 6) is 0.531. The Labute approximate surface area is 130 Å². The van der Waals surface area contributed by atoms with E-state index in [0.717, 1.165) is 43.4 Å². The van der Waals surface area contributed by atoms with E-state index in [9.17, 15) is 0 Å². The Morgan fingerprint density at radius 2 is 2.30 bits per heavy atom. The van der Waals surface area contributed by atoms with E-state index in [-0.39, 0.29) is 0 Å². The average molecular weight is 344 g/mol. The summed E-state index contributed by atoms with van der Waals surface area (Å²) in [5, 5.41) is 8.18. The van der Waals surface area contributed by atoms with Crippen LogP contribution in [0.15, 0.2) is 10.7 Å². The van der Waals surface area contributed by atoms with Crippen LogP contribution in [0, 0.1) is 5.92 Å². The Balaban J connectivity index is 2.30. The molecule has 114 valence electrons. The first kappa shape index (κ1) is 16.0. The molecular formula is C15H26BrN3O. The van der Waals surface area contributed by atoms with Crippen LogP contribution in [0.2, 0.25) is 0 Å². The number of hydrogen-bond acceptors (Lipinski definition) is 3. The van der Waals surface area contributed by atoms with Crippen molar-refractivity contribution in [2.24, 2.45) is 5.92 Å². The molecule has 0 bridgehead atoms. The fourth-order valence-corrected chi connectivity index (χ4v) is 3.75. The van der Waals surface area contributed by atoms with Gasteiger partial charge >= 0.3 is 0 Å². The van der Waals surface area contributed by atoms with Crippen LogP contribution in [0.1, 0.15) is 51.8 Å². The molecular weight excluding hydrogens is 318 g/mol. The molecule has 0 saturated carbocycles. The van der Waals surface area contributed by atoms with Crippen LogP contribution in [-0.4, -0.2) is 29.0 Å². The molecule has 1 N–H and O–H groups in total. The van der Waals surface area contributed by atoms with Crippen molar-refractivity contribution < 1.29 is 4.74 Å². The molecule has 3 atom stereocenters. The summed E-state index contributed by atoms with van der Waals surface area (Å²) >= 11 is 3.68. The quantitative estimate of drug-likeness (QED) is 0.823. The molecule has 1 aromatic rings. The van der Waals surface area contributed by atoms with E-state index in [1.165, 1.54) is 5.69 Å². The highest BCUT2D eigenvalue weighted by Gasteiger charge is 2.36. The zero-order chi connectivity index (χ0) is 14.5. The fourth-order valence-electron chi connectivity index (χ4n) is 3.21. The van der Waals surface area contributed by atoms with Crippen molar-refractivity contribution >= 4 is 15.9 Å². The van der Waals surface area contributed by atoms with Crippen molar-refractivity contribution in [2.75, 3.05) is 13.2 Å². The molecule has 0 spiro atoms. The molecule has 0 radical (unpaired) electrons. The van der Waals surface area contributed by atoms with Gasteiger partial charge in [-0.05, 0) is 41.7 Å². The monoisotopic (exact) mass is 343 g/mol. The minimum Gasteiger partial charge on any atom is -0.378 e. The number of hydrogen-bond donors (Lipinski definition) is 1. The molecule has 2 heterocycles. The molecule has 1 saturated heterocycles. The molecule has 0 amide bonds. The summed E-state index contributed by atoms with van der Waals surface area (Å²) < 4.78 is 9.15. The maximum absolute atomic E-state index is 5.89. The number of aromatic nitrogens is 2. The summed E-state index contributed by atoms with van der Waals surface area (Å²) in [6.07, 6.45) is 5.58. The minimum absolute atomic E-state index is 0.316. The lowest BCUT2D eigenvalue weighted by atomic mass is 9.89.